The Hall–Kier alpha value is -1.44. The number of hydrogen-bond acceptors (Lipinski definition) is 4. The summed E-state index contributed by atoms with van der Waals surface area (Å²) in [5.41, 5.74) is 1.29. The molecule has 1 fully saturated rings. The number of amides is 1. The molecule has 20 heavy (non-hydrogen) atoms. The van der Waals surface area contributed by atoms with Crippen molar-refractivity contribution in [3.63, 3.8) is 0 Å². The monoisotopic (exact) mass is 297 g/mol. The first-order chi connectivity index (χ1) is 9.36. The van der Waals surface area contributed by atoms with Crippen molar-refractivity contribution >= 4 is 21.6 Å². The van der Waals surface area contributed by atoms with Gasteiger partial charge in [0.15, 0.2) is 0 Å². The lowest BCUT2D eigenvalue weighted by Gasteiger charge is -2.12. The molecule has 1 aromatic carbocycles. The molecule has 0 bridgehead atoms. The van der Waals surface area contributed by atoms with Crippen LogP contribution in [0.5, 0.6) is 0 Å². The molecule has 0 aromatic heterocycles. The fourth-order valence-electron chi connectivity index (χ4n) is 2.26. The van der Waals surface area contributed by atoms with Crippen molar-refractivity contribution < 1.29 is 13.2 Å². The molecule has 1 atom stereocenters. The van der Waals surface area contributed by atoms with Crippen LogP contribution in [0.25, 0.3) is 0 Å². The summed E-state index contributed by atoms with van der Waals surface area (Å²) in [6, 6.07) is 4.46. The number of nitrogens with one attached hydrogen (secondary N) is 2. The molecule has 2 rings (SSSR count). The van der Waals surface area contributed by atoms with Gasteiger partial charge in [-0.25, -0.2) is 13.6 Å². The van der Waals surface area contributed by atoms with Crippen molar-refractivity contribution in [3.05, 3.63) is 23.8 Å². The van der Waals surface area contributed by atoms with Gasteiger partial charge >= 0.3 is 0 Å². The third kappa shape index (κ3) is 3.78. The van der Waals surface area contributed by atoms with Gasteiger partial charge in [-0.1, -0.05) is 6.07 Å². The minimum atomic E-state index is -3.76. The number of primary sulfonamides is 1. The molecule has 1 aliphatic heterocycles. The van der Waals surface area contributed by atoms with Gasteiger partial charge in [0.05, 0.1) is 4.90 Å². The second-order valence-electron chi connectivity index (χ2n) is 5.13. The Kier molecular flexibility index (Phi) is 4.42. The molecule has 1 saturated heterocycles. The van der Waals surface area contributed by atoms with Gasteiger partial charge in [-0.05, 0) is 50.0 Å². The number of benzene rings is 1. The quantitative estimate of drug-likeness (QED) is 0.756. The zero-order chi connectivity index (χ0) is 14.8. The first kappa shape index (κ1) is 15.0. The number of carbonyl (C=O) groups excluding carboxylic acids is 1. The summed E-state index contributed by atoms with van der Waals surface area (Å²) in [4.78, 5) is 12.0. The van der Waals surface area contributed by atoms with Gasteiger partial charge in [0.1, 0.15) is 0 Å². The maximum Gasteiger partial charge on any atom is 0.238 e. The van der Waals surface area contributed by atoms with Crippen LogP contribution in [0.1, 0.15) is 18.4 Å². The molecule has 1 aromatic rings. The molecule has 4 N–H and O–H groups in total. The highest BCUT2D eigenvalue weighted by Crippen LogP contribution is 2.21. The van der Waals surface area contributed by atoms with Gasteiger partial charge in [-0.2, -0.15) is 0 Å². The molecule has 1 amide bonds. The Morgan fingerprint density at radius 3 is 2.85 bits per heavy atom. The molecule has 0 saturated carbocycles. The Morgan fingerprint density at radius 1 is 1.50 bits per heavy atom. The number of carbonyl (C=O) groups is 1. The van der Waals surface area contributed by atoms with Gasteiger partial charge < -0.3 is 10.6 Å². The molecule has 6 nitrogen and oxygen atoms in total. The molecule has 1 unspecified atom stereocenters. The maximum atomic E-state index is 12.0. The van der Waals surface area contributed by atoms with Crippen LogP contribution in [0.4, 0.5) is 5.69 Å². The van der Waals surface area contributed by atoms with E-state index in [2.05, 4.69) is 10.6 Å². The number of anilines is 1. The van der Waals surface area contributed by atoms with Gasteiger partial charge in [-0.3, -0.25) is 4.79 Å². The van der Waals surface area contributed by atoms with E-state index in [1.54, 1.807) is 13.0 Å². The maximum absolute atomic E-state index is 12.0. The number of sulfonamides is 1. The van der Waals surface area contributed by atoms with Crippen LogP contribution in [0.2, 0.25) is 0 Å². The summed E-state index contributed by atoms with van der Waals surface area (Å²) in [6.45, 7) is 3.60. The summed E-state index contributed by atoms with van der Waals surface area (Å²) >= 11 is 0. The summed E-state index contributed by atoms with van der Waals surface area (Å²) < 4.78 is 22.6. The van der Waals surface area contributed by atoms with E-state index >= 15 is 0 Å². The van der Waals surface area contributed by atoms with Crippen molar-refractivity contribution in [2.24, 2.45) is 11.1 Å². The molecule has 1 aliphatic rings. The van der Waals surface area contributed by atoms with E-state index in [4.69, 9.17) is 5.14 Å². The Balaban J connectivity index is 2.09. The zero-order valence-corrected chi connectivity index (χ0v) is 12.2. The van der Waals surface area contributed by atoms with E-state index in [1.807, 2.05) is 0 Å². The smallest absolute Gasteiger partial charge is 0.238 e. The van der Waals surface area contributed by atoms with Gasteiger partial charge in [0.25, 0.3) is 0 Å². The largest absolute Gasteiger partial charge is 0.326 e. The minimum Gasteiger partial charge on any atom is -0.326 e. The second-order valence-corrected chi connectivity index (χ2v) is 6.69. The van der Waals surface area contributed by atoms with Crippen LogP contribution in [0.15, 0.2) is 23.1 Å². The summed E-state index contributed by atoms with van der Waals surface area (Å²) in [5, 5.41) is 11.1. The highest BCUT2D eigenvalue weighted by Gasteiger charge is 2.19. The highest BCUT2D eigenvalue weighted by molar-refractivity contribution is 7.89. The van der Waals surface area contributed by atoms with Crippen molar-refractivity contribution in [2.45, 2.75) is 24.7 Å². The van der Waals surface area contributed by atoms with Crippen LogP contribution in [0.3, 0.4) is 0 Å². The van der Waals surface area contributed by atoms with Crippen molar-refractivity contribution in [1.29, 1.82) is 0 Å². The third-order valence-corrected chi connectivity index (χ3v) is 4.36. The van der Waals surface area contributed by atoms with Crippen molar-refractivity contribution in [1.82, 2.24) is 5.32 Å². The van der Waals surface area contributed by atoms with Gasteiger partial charge in [0.2, 0.25) is 15.9 Å². The first-order valence-corrected chi connectivity index (χ1v) is 8.05. The third-order valence-electron chi connectivity index (χ3n) is 3.45. The predicted molar refractivity (Wildman–Crippen MR) is 76.8 cm³/mol. The summed E-state index contributed by atoms with van der Waals surface area (Å²) in [5.74, 6) is 0.241. The fourth-order valence-corrected chi connectivity index (χ4v) is 2.80. The minimum absolute atomic E-state index is 0.000864. The molecule has 7 heteroatoms. The van der Waals surface area contributed by atoms with Gasteiger partial charge in [-0.15, -0.1) is 0 Å². The molecule has 0 spiro atoms. The van der Waals surface area contributed by atoms with E-state index < -0.39 is 10.0 Å². The summed E-state index contributed by atoms with van der Waals surface area (Å²) in [7, 11) is -3.76. The molecule has 110 valence electrons. The van der Waals surface area contributed by atoms with E-state index in [1.165, 1.54) is 12.1 Å². The topological polar surface area (TPSA) is 101 Å². The predicted octanol–water partition coefficient (Wildman–Crippen LogP) is 0.581. The molecular weight excluding hydrogens is 278 g/mol. The van der Waals surface area contributed by atoms with Crippen LogP contribution in [0, 0.1) is 12.8 Å². The molecule has 1 heterocycles. The van der Waals surface area contributed by atoms with Crippen LogP contribution in [-0.2, 0) is 14.8 Å². The van der Waals surface area contributed by atoms with Crippen molar-refractivity contribution in [3.8, 4) is 0 Å². The fraction of sp³-hybridized carbons (Fsp3) is 0.462. The van der Waals surface area contributed by atoms with Gasteiger partial charge in [0, 0.05) is 12.1 Å². The number of hydrogen-bond donors (Lipinski definition) is 3. The lowest BCUT2D eigenvalue weighted by molar-refractivity contribution is -0.117. The molecule has 0 radical (unpaired) electrons. The molecular formula is C13H19N3O3S. The SMILES string of the molecule is Cc1ccc(S(N)(=O)=O)cc1NC(=O)CC1CCNC1. The van der Waals surface area contributed by atoms with E-state index in [0.29, 0.717) is 18.0 Å². The number of rotatable bonds is 4. The average molecular weight is 297 g/mol. The lowest BCUT2D eigenvalue weighted by Crippen LogP contribution is -2.19. The standard InChI is InChI=1S/C13H19N3O3S/c1-9-2-3-11(20(14,18)19)7-12(9)16-13(17)6-10-4-5-15-8-10/h2-3,7,10,15H,4-6,8H2,1H3,(H,16,17)(H2,14,18,19). The zero-order valence-electron chi connectivity index (χ0n) is 11.3. The Morgan fingerprint density at radius 2 is 2.25 bits per heavy atom. The number of aryl methyl sites for hydroxylation is 1. The van der Waals surface area contributed by atoms with Crippen LogP contribution >= 0.6 is 0 Å². The first-order valence-electron chi connectivity index (χ1n) is 6.50. The van der Waals surface area contributed by atoms with E-state index in [9.17, 15) is 13.2 Å². The second kappa shape index (κ2) is 5.90. The Labute approximate surface area is 118 Å². The average Bonchev–Trinajstić information content (AvgIpc) is 2.83. The van der Waals surface area contributed by atoms with E-state index in [0.717, 1.165) is 25.1 Å². The van der Waals surface area contributed by atoms with Crippen molar-refractivity contribution in [2.75, 3.05) is 18.4 Å². The Bertz CT molecular complexity index is 607. The van der Waals surface area contributed by atoms with Crippen LogP contribution < -0.4 is 15.8 Å². The van der Waals surface area contributed by atoms with E-state index in [-0.39, 0.29) is 10.8 Å². The molecule has 0 aliphatic carbocycles. The number of nitrogens with two attached hydrogens (primary N) is 1. The normalized spacial score (nSPS) is 19.0. The van der Waals surface area contributed by atoms with Crippen LogP contribution in [-0.4, -0.2) is 27.4 Å². The summed E-state index contributed by atoms with van der Waals surface area (Å²) in [6.07, 6.45) is 1.43. The lowest BCUT2D eigenvalue weighted by atomic mass is 10.0. The highest BCUT2D eigenvalue weighted by atomic mass is 32.2.